The highest BCUT2D eigenvalue weighted by molar-refractivity contribution is 5.92. The van der Waals surface area contributed by atoms with Gasteiger partial charge < -0.3 is 10.6 Å². The van der Waals surface area contributed by atoms with Crippen molar-refractivity contribution in [2.75, 3.05) is 11.9 Å². The van der Waals surface area contributed by atoms with E-state index in [-0.39, 0.29) is 17.4 Å². The largest absolute Gasteiger partial charge is 0.364 e. The van der Waals surface area contributed by atoms with E-state index in [0.29, 0.717) is 25.3 Å². The predicted octanol–water partition coefficient (Wildman–Crippen LogP) is 2.60. The van der Waals surface area contributed by atoms with Crippen LogP contribution in [0.5, 0.6) is 0 Å². The monoisotopic (exact) mass is 351 g/mol. The van der Waals surface area contributed by atoms with E-state index in [1.54, 1.807) is 36.7 Å². The number of carbonyl (C=O) groups excluding carboxylic acids is 1. The molecule has 132 valence electrons. The van der Waals surface area contributed by atoms with Crippen molar-refractivity contribution in [2.24, 2.45) is 0 Å². The number of anilines is 1. The van der Waals surface area contributed by atoms with Crippen molar-refractivity contribution >= 4 is 11.7 Å². The summed E-state index contributed by atoms with van der Waals surface area (Å²) < 4.78 is 12.8. The van der Waals surface area contributed by atoms with Gasteiger partial charge in [0, 0.05) is 25.5 Å². The second-order valence-electron chi connectivity index (χ2n) is 5.65. The van der Waals surface area contributed by atoms with Crippen LogP contribution in [0.1, 0.15) is 21.6 Å². The highest BCUT2D eigenvalue weighted by Gasteiger charge is 2.07. The van der Waals surface area contributed by atoms with Crippen molar-refractivity contribution in [2.45, 2.75) is 13.0 Å². The first-order valence-corrected chi connectivity index (χ1v) is 8.20. The van der Waals surface area contributed by atoms with Gasteiger partial charge in [0.2, 0.25) is 0 Å². The number of benzene rings is 1. The fraction of sp³-hybridized carbons (Fsp3) is 0.158. The molecule has 0 spiro atoms. The predicted molar refractivity (Wildman–Crippen MR) is 96.0 cm³/mol. The van der Waals surface area contributed by atoms with Crippen LogP contribution in [0.4, 0.5) is 10.2 Å². The third-order valence-corrected chi connectivity index (χ3v) is 3.71. The summed E-state index contributed by atoms with van der Waals surface area (Å²) in [6.45, 7) is 1.01. The molecule has 0 bridgehead atoms. The summed E-state index contributed by atoms with van der Waals surface area (Å²) in [5.74, 6) is 0.0143. The lowest BCUT2D eigenvalue weighted by Crippen LogP contribution is -2.26. The van der Waals surface area contributed by atoms with Crippen LogP contribution in [-0.2, 0) is 13.0 Å². The number of halogens is 1. The van der Waals surface area contributed by atoms with E-state index in [4.69, 9.17) is 0 Å². The van der Waals surface area contributed by atoms with Crippen molar-refractivity contribution < 1.29 is 9.18 Å². The van der Waals surface area contributed by atoms with Gasteiger partial charge in [-0.25, -0.2) is 4.39 Å². The molecular formula is C19H18FN5O. The molecule has 7 heteroatoms. The highest BCUT2D eigenvalue weighted by Crippen LogP contribution is 2.06. The Kier molecular flexibility index (Phi) is 5.82. The van der Waals surface area contributed by atoms with Crippen molar-refractivity contribution in [1.29, 1.82) is 0 Å². The second kappa shape index (κ2) is 8.66. The van der Waals surface area contributed by atoms with Gasteiger partial charge in [0.15, 0.2) is 5.69 Å². The molecule has 2 aromatic heterocycles. The molecule has 3 rings (SSSR count). The van der Waals surface area contributed by atoms with Crippen molar-refractivity contribution in [3.63, 3.8) is 0 Å². The molecule has 2 N–H and O–H groups in total. The number of nitrogens with one attached hydrogen (secondary N) is 2. The Morgan fingerprint density at radius 2 is 1.85 bits per heavy atom. The van der Waals surface area contributed by atoms with Gasteiger partial charge in [0.1, 0.15) is 11.6 Å². The summed E-state index contributed by atoms with van der Waals surface area (Å²) in [5, 5.41) is 13.8. The van der Waals surface area contributed by atoms with E-state index in [1.807, 2.05) is 12.1 Å². The third kappa shape index (κ3) is 5.07. The first-order valence-electron chi connectivity index (χ1n) is 8.20. The molecular weight excluding hydrogens is 333 g/mol. The van der Waals surface area contributed by atoms with Gasteiger partial charge in [0.25, 0.3) is 5.91 Å². The SMILES string of the molecule is O=C(NCCc1ccc(F)cc1)c1ccc(NCc2cccnc2)nn1. The molecule has 3 aromatic rings. The van der Waals surface area contributed by atoms with Crippen LogP contribution in [0.3, 0.4) is 0 Å². The fourth-order valence-corrected chi connectivity index (χ4v) is 2.30. The number of aromatic nitrogens is 3. The zero-order valence-electron chi connectivity index (χ0n) is 14.0. The normalized spacial score (nSPS) is 10.3. The van der Waals surface area contributed by atoms with E-state index < -0.39 is 0 Å². The van der Waals surface area contributed by atoms with Gasteiger partial charge in [-0.2, -0.15) is 0 Å². The number of hydrogen-bond acceptors (Lipinski definition) is 5. The number of hydrogen-bond donors (Lipinski definition) is 2. The van der Waals surface area contributed by atoms with Crippen molar-refractivity contribution in [3.05, 3.63) is 83.6 Å². The quantitative estimate of drug-likeness (QED) is 0.684. The van der Waals surface area contributed by atoms with Crippen LogP contribution >= 0.6 is 0 Å². The van der Waals surface area contributed by atoms with Crippen LogP contribution < -0.4 is 10.6 Å². The molecule has 0 aliphatic rings. The zero-order chi connectivity index (χ0) is 18.2. The van der Waals surface area contributed by atoms with Gasteiger partial charge in [-0.05, 0) is 47.9 Å². The maximum atomic E-state index is 12.8. The standard InChI is InChI=1S/C19H18FN5O/c20-16-5-3-14(4-6-16)9-11-22-19(26)17-7-8-18(25-24-17)23-13-15-2-1-10-21-12-15/h1-8,10,12H,9,11,13H2,(H,22,26)(H,23,25). The van der Waals surface area contributed by atoms with Crippen LogP contribution in [-0.4, -0.2) is 27.6 Å². The molecule has 26 heavy (non-hydrogen) atoms. The van der Waals surface area contributed by atoms with E-state index in [9.17, 15) is 9.18 Å². The molecule has 0 aliphatic carbocycles. The molecule has 0 aliphatic heterocycles. The van der Waals surface area contributed by atoms with Crippen LogP contribution in [0.25, 0.3) is 0 Å². The molecule has 0 unspecified atom stereocenters. The van der Waals surface area contributed by atoms with Crippen LogP contribution in [0.2, 0.25) is 0 Å². The second-order valence-corrected chi connectivity index (χ2v) is 5.65. The molecule has 0 radical (unpaired) electrons. The van der Waals surface area contributed by atoms with E-state index in [1.165, 1.54) is 12.1 Å². The minimum atomic E-state index is -0.293. The number of amides is 1. The Hall–Kier alpha value is -3.35. The van der Waals surface area contributed by atoms with Gasteiger partial charge in [-0.15, -0.1) is 10.2 Å². The lowest BCUT2D eigenvalue weighted by Gasteiger charge is -2.07. The van der Waals surface area contributed by atoms with E-state index in [0.717, 1.165) is 11.1 Å². The van der Waals surface area contributed by atoms with Crippen LogP contribution in [0, 0.1) is 5.82 Å². The number of carbonyl (C=O) groups is 1. The summed E-state index contributed by atoms with van der Waals surface area (Å²) in [7, 11) is 0. The Morgan fingerprint density at radius 3 is 2.54 bits per heavy atom. The summed E-state index contributed by atoms with van der Waals surface area (Å²) in [6.07, 6.45) is 4.10. The maximum Gasteiger partial charge on any atom is 0.271 e. The fourth-order valence-electron chi connectivity index (χ4n) is 2.30. The Labute approximate surface area is 150 Å². The third-order valence-electron chi connectivity index (χ3n) is 3.71. The lowest BCUT2D eigenvalue weighted by atomic mass is 10.1. The molecule has 0 saturated carbocycles. The number of rotatable bonds is 7. The number of pyridine rings is 1. The minimum Gasteiger partial charge on any atom is -0.364 e. The molecule has 0 saturated heterocycles. The smallest absolute Gasteiger partial charge is 0.271 e. The van der Waals surface area contributed by atoms with Crippen molar-refractivity contribution in [1.82, 2.24) is 20.5 Å². The first kappa shape index (κ1) is 17.5. The molecule has 0 atom stereocenters. The summed E-state index contributed by atoms with van der Waals surface area (Å²) in [5.41, 5.74) is 2.22. The van der Waals surface area contributed by atoms with Crippen molar-refractivity contribution in [3.8, 4) is 0 Å². The van der Waals surface area contributed by atoms with Gasteiger partial charge in [-0.1, -0.05) is 18.2 Å². The van der Waals surface area contributed by atoms with Crippen LogP contribution in [0.15, 0.2) is 60.9 Å². The van der Waals surface area contributed by atoms with Gasteiger partial charge in [0.05, 0.1) is 0 Å². The molecule has 0 fully saturated rings. The Balaban J connectivity index is 1.46. The number of nitrogens with zero attached hydrogens (tertiary/aromatic N) is 3. The minimum absolute atomic E-state index is 0.246. The van der Waals surface area contributed by atoms with E-state index in [2.05, 4.69) is 25.8 Å². The molecule has 1 amide bonds. The zero-order valence-corrected chi connectivity index (χ0v) is 14.0. The maximum absolute atomic E-state index is 12.8. The molecule has 1 aromatic carbocycles. The van der Waals surface area contributed by atoms with E-state index >= 15 is 0 Å². The lowest BCUT2D eigenvalue weighted by molar-refractivity contribution is 0.0948. The molecule has 6 nitrogen and oxygen atoms in total. The summed E-state index contributed by atoms with van der Waals surface area (Å²) >= 11 is 0. The average molecular weight is 351 g/mol. The van der Waals surface area contributed by atoms with Gasteiger partial charge >= 0.3 is 0 Å². The highest BCUT2D eigenvalue weighted by atomic mass is 19.1. The topological polar surface area (TPSA) is 79.8 Å². The Morgan fingerprint density at radius 1 is 1.00 bits per heavy atom. The summed E-state index contributed by atoms with van der Waals surface area (Å²) in [4.78, 5) is 16.1. The first-order chi connectivity index (χ1) is 12.7. The Bertz CT molecular complexity index is 838. The average Bonchev–Trinajstić information content (AvgIpc) is 2.69. The summed E-state index contributed by atoms with van der Waals surface area (Å²) in [6, 6.07) is 13.3. The molecule has 2 heterocycles. The van der Waals surface area contributed by atoms with Gasteiger partial charge in [-0.3, -0.25) is 9.78 Å².